The fourth-order valence-corrected chi connectivity index (χ4v) is 2.99. The Kier molecular flexibility index (Phi) is 4.47. The lowest BCUT2D eigenvalue weighted by Gasteiger charge is -2.11. The molecule has 146 valence electrons. The number of nitrogens with zero attached hydrogens (tertiary/aromatic N) is 4. The van der Waals surface area contributed by atoms with Gasteiger partial charge in [0.2, 0.25) is 5.65 Å². The number of aromatic nitrogens is 3. The molecule has 1 aromatic carbocycles. The summed E-state index contributed by atoms with van der Waals surface area (Å²) in [4.78, 5) is 27.5. The second-order valence-corrected chi connectivity index (χ2v) is 6.45. The molecule has 0 unspecified atom stereocenters. The molecule has 0 fully saturated rings. The van der Waals surface area contributed by atoms with Gasteiger partial charge in [0.25, 0.3) is 5.91 Å². The first kappa shape index (κ1) is 18.2. The average Bonchev–Trinajstić information content (AvgIpc) is 3.22. The van der Waals surface area contributed by atoms with E-state index in [2.05, 4.69) is 10.4 Å². The lowest BCUT2D eigenvalue weighted by Crippen LogP contribution is -2.24. The molecule has 0 bridgehead atoms. The number of imidazole rings is 1. The molecule has 3 aromatic heterocycles. The zero-order chi connectivity index (χ0) is 20.5. The molecule has 0 saturated carbocycles. The Morgan fingerprint density at radius 3 is 2.41 bits per heavy atom. The smallest absolute Gasteiger partial charge is 0.392 e. The van der Waals surface area contributed by atoms with E-state index in [0.717, 1.165) is 11.4 Å². The highest BCUT2D eigenvalue weighted by Crippen LogP contribution is 2.31. The molecule has 29 heavy (non-hydrogen) atoms. The predicted octanol–water partition coefficient (Wildman–Crippen LogP) is 3.84. The molecule has 9 heteroatoms. The molecule has 0 aliphatic carbocycles. The number of nitro groups is 1. The normalized spacial score (nSPS) is 10.8. The molecule has 0 saturated heterocycles. The van der Waals surface area contributed by atoms with Crippen LogP contribution in [0, 0.1) is 24.0 Å². The van der Waals surface area contributed by atoms with E-state index < -0.39 is 4.92 Å². The SMILES string of the molecule is Cc1ccc(C)n1NC(=O)c1ccc(Oc2nc3ccccn3c2[N+](=O)[O-])cc1. The van der Waals surface area contributed by atoms with Crippen molar-refractivity contribution in [2.24, 2.45) is 0 Å². The van der Waals surface area contributed by atoms with Crippen molar-refractivity contribution in [2.45, 2.75) is 13.8 Å². The van der Waals surface area contributed by atoms with Crippen LogP contribution in [0.1, 0.15) is 21.7 Å². The van der Waals surface area contributed by atoms with Gasteiger partial charge in [-0.05, 0) is 61.2 Å². The summed E-state index contributed by atoms with van der Waals surface area (Å²) >= 11 is 0. The molecule has 0 aliphatic heterocycles. The van der Waals surface area contributed by atoms with Crippen molar-refractivity contribution in [3.05, 3.63) is 87.9 Å². The summed E-state index contributed by atoms with van der Waals surface area (Å²) in [6, 6.07) is 15.2. The van der Waals surface area contributed by atoms with Gasteiger partial charge in [-0.25, -0.2) is 0 Å². The number of carbonyl (C=O) groups excluding carboxylic acids is 1. The Bertz CT molecular complexity index is 1200. The lowest BCUT2D eigenvalue weighted by atomic mass is 10.2. The van der Waals surface area contributed by atoms with Gasteiger partial charge >= 0.3 is 11.7 Å². The maximum absolute atomic E-state index is 12.5. The molecule has 3 heterocycles. The number of hydrogen-bond acceptors (Lipinski definition) is 5. The molecular weight excluding hydrogens is 374 g/mol. The highest BCUT2D eigenvalue weighted by molar-refractivity contribution is 6.00. The number of rotatable bonds is 5. The predicted molar refractivity (Wildman–Crippen MR) is 106 cm³/mol. The molecule has 9 nitrogen and oxygen atoms in total. The van der Waals surface area contributed by atoms with Crippen molar-refractivity contribution >= 4 is 17.4 Å². The molecule has 1 amide bonds. The Morgan fingerprint density at radius 2 is 1.76 bits per heavy atom. The van der Waals surface area contributed by atoms with E-state index in [1.54, 1.807) is 53.3 Å². The van der Waals surface area contributed by atoms with Crippen LogP contribution in [-0.4, -0.2) is 24.9 Å². The summed E-state index contributed by atoms with van der Waals surface area (Å²) in [5.41, 5.74) is 5.47. The Balaban J connectivity index is 1.56. The molecule has 0 spiro atoms. The minimum absolute atomic E-state index is 0.114. The van der Waals surface area contributed by atoms with E-state index in [9.17, 15) is 14.9 Å². The third-order valence-corrected chi connectivity index (χ3v) is 4.46. The molecule has 0 atom stereocenters. The summed E-state index contributed by atoms with van der Waals surface area (Å²) in [6.45, 7) is 3.79. The molecule has 0 radical (unpaired) electrons. The summed E-state index contributed by atoms with van der Waals surface area (Å²) < 4.78 is 8.67. The minimum Gasteiger partial charge on any atom is -0.433 e. The van der Waals surface area contributed by atoms with Crippen LogP contribution in [0.2, 0.25) is 0 Å². The minimum atomic E-state index is -0.543. The van der Waals surface area contributed by atoms with E-state index in [1.807, 2.05) is 26.0 Å². The first-order chi connectivity index (χ1) is 13.9. The van der Waals surface area contributed by atoms with E-state index in [1.165, 1.54) is 4.40 Å². The number of aryl methyl sites for hydroxylation is 2. The van der Waals surface area contributed by atoms with Crippen molar-refractivity contribution in [2.75, 3.05) is 5.43 Å². The number of nitrogens with one attached hydrogen (secondary N) is 1. The van der Waals surface area contributed by atoms with Gasteiger partial charge in [-0.3, -0.25) is 14.9 Å². The number of ether oxygens (including phenoxy) is 1. The van der Waals surface area contributed by atoms with E-state index in [4.69, 9.17) is 4.74 Å². The van der Waals surface area contributed by atoms with Gasteiger partial charge in [0.05, 0.1) is 6.20 Å². The fourth-order valence-electron chi connectivity index (χ4n) is 2.99. The van der Waals surface area contributed by atoms with Crippen LogP contribution < -0.4 is 10.2 Å². The topological polar surface area (TPSA) is 104 Å². The average molecular weight is 391 g/mol. The number of pyridine rings is 1. The monoisotopic (exact) mass is 391 g/mol. The van der Waals surface area contributed by atoms with Crippen LogP contribution in [0.15, 0.2) is 60.8 Å². The van der Waals surface area contributed by atoms with Crippen LogP contribution in [0.4, 0.5) is 5.82 Å². The summed E-state index contributed by atoms with van der Waals surface area (Å²) in [5, 5.41) is 11.4. The van der Waals surface area contributed by atoms with E-state index in [0.29, 0.717) is 17.0 Å². The highest BCUT2D eigenvalue weighted by Gasteiger charge is 2.24. The number of amides is 1. The Labute approximate surface area is 165 Å². The van der Waals surface area contributed by atoms with Crippen molar-refractivity contribution < 1.29 is 14.5 Å². The maximum Gasteiger partial charge on any atom is 0.392 e. The van der Waals surface area contributed by atoms with Gasteiger partial charge < -0.3 is 14.9 Å². The van der Waals surface area contributed by atoms with Crippen molar-refractivity contribution in [3.8, 4) is 11.6 Å². The fraction of sp³-hybridized carbons (Fsp3) is 0.100. The first-order valence-electron chi connectivity index (χ1n) is 8.80. The number of benzene rings is 1. The summed E-state index contributed by atoms with van der Waals surface area (Å²) in [6.07, 6.45) is 1.55. The van der Waals surface area contributed by atoms with E-state index in [-0.39, 0.29) is 17.6 Å². The standard InChI is InChI=1S/C20H17N5O4/c1-13-6-7-14(2)24(13)22-18(26)15-8-10-16(11-9-15)29-19-20(25(27)28)23-12-4-3-5-17(23)21-19/h3-12H,1-2H3,(H,22,26). The second-order valence-electron chi connectivity index (χ2n) is 6.45. The first-order valence-corrected chi connectivity index (χ1v) is 8.80. The number of carbonyl (C=O) groups is 1. The highest BCUT2D eigenvalue weighted by atomic mass is 16.6. The zero-order valence-electron chi connectivity index (χ0n) is 15.7. The molecule has 1 N–H and O–H groups in total. The molecular formula is C20H17N5O4. The molecule has 4 rings (SSSR count). The summed E-state index contributed by atoms with van der Waals surface area (Å²) in [5.74, 6) is -0.322. The van der Waals surface area contributed by atoms with Gasteiger partial charge in [0, 0.05) is 23.0 Å². The van der Waals surface area contributed by atoms with Crippen LogP contribution in [0.3, 0.4) is 0 Å². The number of fused-ring (bicyclic) bond motifs is 1. The Morgan fingerprint density at radius 1 is 1.07 bits per heavy atom. The number of hydrogen-bond donors (Lipinski definition) is 1. The molecule has 0 aliphatic rings. The van der Waals surface area contributed by atoms with Gasteiger partial charge in [0.1, 0.15) is 5.75 Å². The quantitative estimate of drug-likeness (QED) is 0.411. The Hall–Kier alpha value is -4.14. The van der Waals surface area contributed by atoms with Gasteiger partial charge in [0.15, 0.2) is 0 Å². The third-order valence-electron chi connectivity index (χ3n) is 4.46. The summed E-state index contributed by atoms with van der Waals surface area (Å²) in [7, 11) is 0. The van der Waals surface area contributed by atoms with Crippen LogP contribution in [0.5, 0.6) is 11.6 Å². The van der Waals surface area contributed by atoms with Crippen molar-refractivity contribution in [3.63, 3.8) is 0 Å². The maximum atomic E-state index is 12.5. The van der Waals surface area contributed by atoms with E-state index >= 15 is 0 Å². The second kappa shape index (κ2) is 7.12. The van der Waals surface area contributed by atoms with Crippen LogP contribution in [-0.2, 0) is 0 Å². The van der Waals surface area contributed by atoms with Crippen LogP contribution in [0.25, 0.3) is 5.65 Å². The van der Waals surface area contributed by atoms with Gasteiger partial charge in [-0.2, -0.15) is 9.38 Å². The lowest BCUT2D eigenvalue weighted by molar-refractivity contribution is -0.391. The molecule has 4 aromatic rings. The zero-order valence-corrected chi connectivity index (χ0v) is 15.7. The van der Waals surface area contributed by atoms with Crippen molar-refractivity contribution in [1.29, 1.82) is 0 Å². The largest absolute Gasteiger partial charge is 0.433 e. The van der Waals surface area contributed by atoms with Gasteiger partial charge in [-0.1, -0.05) is 6.07 Å². The van der Waals surface area contributed by atoms with Gasteiger partial charge in [-0.15, -0.1) is 0 Å². The third kappa shape index (κ3) is 3.41. The van der Waals surface area contributed by atoms with Crippen LogP contribution >= 0.6 is 0 Å². The van der Waals surface area contributed by atoms with Crippen molar-refractivity contribution in [1.82, 2.24) is 14.1 Å².